The predicted octanol–water partition coefficient (Wildman–Crippen LogP) is 4.13. The van der Waals surface area contributed by atoms with Gasteiger partial charge in [-0.25, -0.2) is 13.8 Å². The van der Waals surface area contributed by atoms with E-state index >= 15 is 0 Å². The van der Waals surface area contributed by atoms with E-state index in [1.807, 2.05) is 6.92 Å². The number of nitrogens with zero attached hydrogens (tertiary/aromatic N) is 5. The van der Waals surface area contributed by atoms with Crippen LogP contribution in [0.5, 0.6) is 0 Å². The Balaban J connectivity index is 1.71. The molecule has 33 heavy (non-hydrogen) atoms. The first-order valence-electron chi connectivity index (χ1n) is 11.1. The molecular weight excluding hydrogens is 424 g/mol. The van der Waals surface area contributed by atoms with Crippen molar-refractivity contribution in [2.75, 3.05) is 18.0 Å². The Morgan fingerprint density at radius 2 is 1.88 bits per heavy atom. The molecule has 1 aromatic carbocycles. The number of hydrogen-bond donors (Lipinski definition) is 0. The van der Waals surface area contributed by atoms with Gasteiger partial charge in [-0.05, 0) is 50.1 Å². The number of rotatable bonds is 4. The fraction of sp³-hybridized carbons (Fsp3) is 0.400. The molecular formula is C25H27F2N5O. The van der Waals surface area contributed by atoms with Crippen molar-refractivity contribution in [1.29, 1.82) is 5.26 Å². The van der Waals surface area contributed by atoms with E-state index in [4.69, 9.17) is 0 Å². The molecule has 3 heterocycles. The van der Waals surface area contributed by atoms with Crippen LogP contribution in [0.3, 0.4) is 0 Å². The molecule has 2 aromatic heterocycles. The molecule has 0 saturated carbocycles. The summed E-state index contributed by atoms with van der Waals surface area (Å²) < 4.78 is 28.9. The van der Waals surface area contributed by atoms with Crippen LogP contribution in [0.15, 0.2) is 41.2 Å². The highest BCUT2D eigenvalue weighted by atomic mass is 19.2. The quantitative estimate of drug-likeness (QED) is 0.597. The molecule has 4 rings (SSSR count). The smallest absolute Gasteiger partial charge is 0.252 e. The molecule has 8 heteroatoms. The molecule has 0 spiro atoms. The molecule has 0 radical (unpaired) electrons. The Hall–Kier alpha value is -3.31. The number of pyridine rings is 2. The van der Waals surface area contributed by atoms with Crippen LogP contribution in [-0.4, -0.2) is 39.6 Å². The largest absolute Gasteiger partial charge is 0.364 e. The second-order valence-electron chi connectivity index (χ2n) is 8.75. The Labute approximate surface area is 191 Å². The first kappa shape index (κ1) is 22.9. The molecule has 6 nitrogen and oxygen atoms in total. The van der Waals surface area contributed by atoms with Gasteiger partial charge in [0.15, 0.2) is 11.6 Å². The first-order valence-corrected chi connectivity index (χ1v) is 11.1. The zero-order chi connectivity index (χ0) is 23.9. The lowest BCUT2D eigenvalue weighted by atomic mass is 9.97. The van der Waals surface area contributed by atoms with Gasteiger partial charge in [-0.1, -0.05) is 13.0 Å². The van der Waals surface area contributed by atoms with Gasteiger partial charge in [0.05, 0.1) is 11.2 Å². The minimum absolute atomic E-state index is 0.0309. The Morgan fingerprint density at radius 3 is 2.55 bits per heavy atom. The molecule has 1 aliphatic heterocycles. The molecule has 3 atom stereocenters. The van der Waals surface area contributed by atoms with Crippen LogP contribution in [-0.2, 0) is 7.05 Å². The van der Waals surface area contributed by atoms with E-state index in [2.05, 4.69) is 34.7 Å². The van der Waals surface area contributed by atoms with Crippen LogP contribution in [0.25, 0.3) is 11.0 Å². The number of hydrogen-bond acceptors (Lipinski definition) is 5. The van der Waals surface area contributed by atoms with Crippen LogP contribution < -0.4 is 10.5 Å². The maximum Gasteiger partial charge on any atom is 0.252 e. The second kappa shape index (κ2) is 8.91. The molecule has 0 bridgehead atoms. The summed E-state index contributed by atoms with van der Waals surface area (Å²) in [6, 6.07) is 11.2. The normalized spacial score (nSPS) is 20.1. The SMILES string of the molecule is CCC(c1ccc(F)c(F)c1)N1C[C@H](C)N(c2cc(=O)n(C)c3ccc(C#N)nc23)C[C@H]1C. The third kappa shape index (κ3) is 4.09. The summed E-state index contributed by atoms with van der Waals surface area (Å²) in [6.07, 6.45) is 0.754. The van der Waals surface area contributed by atoms with Gasteiger partial charge in [0, 0.05) is 44.3 Å². The Kier molecular flexibility index (Phi) is 6.17. The van der Waals surface area contributed by atoms with Gasteiger partial charge >= 0.3 is 0 Å². The molecule has 0 N–H and O–H groups in total. The predicted molar refractivity (Wildman–Crippen MR) is 124 cm³/mol. The maximum absolute atomic E-state index is 13.9. The van der Waals surface area contributed by atoms with E-state index in [0.717, 1.165) is 12.0 Å². The summed E-state index contributed by atoms with van der Waals surface area (Å²) in [5.74, 6) is -1.68. The van der Waals surface area contributed by atoms with Crippen LogP contribution in [0.4, 0.5) is 14.5 Å². The van der Waals surface area contributed by atoms with Crippen molar-refractivity contribution in [3.63, 3.8) is 0 Å². The summed E-state index contributed by atoms with van der Waals surface area (Å²) in [5.41, 5.74) is 2.92. The van der Waals surface area contributed by atoms with Crippen LogP contribution in [0.1, 0.15) is 44.5 Å². The minimum Gasteiger partial charge on any atom is -0.364 e. The lowest BCUT2D eigenvalue weighted by Crippen LogP contribution is -2.57. The van der Waals surface area contributed by atoms with E-state index in [1.54, 1.807) is 31.3 Å². The highest BCUT2D eigenvalue weighted by molar-refractivity contribution is 5.89. The van der Waals surface area contributed by atoms with Gasteiger partial charge in [-0.3, -0.25) is 9.69 Å². The summed E-state index contributed by atoms with van der Waals surface area (Å²) >= 11 is 0. The summed E-state index contributed by atoms with van der Waals surface area (Å²) in [5, 5.41) is 9.33. The molecule has 1 aliphatic rings. The van der Waals surface area contributed by atoms with E-state index < -0.39 is 11.6 Å². The molecule has 1 unspecified atom stereocenters. The van der Waals surface area contributed by atoms with Gasteiger partial charge in [-0.2, -0.15) is 5.26 Å². The minimum atomic E-state index is -0.846. The topological polar surface area (TPSA) is 65.2 Å². The zero-order valence-electron chi connectivity index (χ0n) is 19.2. The van der Waals surface area contributed by atoms with Gasteiger partial charge in [0.25, 0.3) is 5.56 Å². The van der Waals surface area contributed by atoms with Gasteiger partial charge in [-0.15, -0.1) is 0 Å². The Morgan fingerprint density at radius 1 is 1.12 bits per heavy atom. The van der Waals surface area contributed by atoms with Gasteiger partial charge < -0.3 is 9.47 Å². The number of piperazine rings is 1. The van der Waals surface area contributed by atoms with Gasteiger partial charge in [0.1, 0.15) is 17.3 Å². The number of fused-ring (bicyclic) bond motifs is 1. The first-order chi connectivity index (χ1) is 15.7. The number of nitriles is 1. The number of benzene rings is 1. The monoisotopic (exact) mass is 451 g/mol. The Bertz CT molecular complexity index is 1300. The number of aromatic nitrogens is 2. The summed E-state index contributed by atoms with van der Waals surface area (Å²) in [4.78, 5) is 21.7. The third-order valence-corrected chi connectivity index (χ3v) is 6.64. The van der Waals surface area contributed by atoms with E-state index in [1.165, 1.54) is 16.7 Å². The van der Waals surface area contributed by atoms with Crippen molar-refractivity contribution in [2.24, 2.45) is 7.05 Å². The summed E-state index contributed by atoms with van der Waals surface area (Å²) in [6.45, 7) is 7.51. The lowest BCUT2D eigenvalue weighted by Gasteiger charge is -2.48. The van der Waals surface area contributed by atoms with Crippen molar-refractivity contribution in [3.8, 4) is 6.07 Å². The van der Waals surface area contributed by atoms with Crippen molar-refractivity contribution >= 4 is 16.7 Å². The van der Waals surface area contributed by atoms with Crippen molar-refractivity contribution in [1.82, 2.24) is 14.5 Å². The van der Waals surface area contributed by atoms with Crippen molar-refractivity contribution in [3.05, 3.63) is 69.6 Å². The lowest BCUT2D eigenvalue weighted by molar-refractivity contribution is 0.107. The zero-order valence-corrected chi connectivity index (χ0v) is 19.2. The summed E-state index contributed by atoms with van der Waals surface area (Å²) in [7, 11) is 1.69. The average molecular weight is 452 g/mol. The fourth-order valence-electron chi connectivity index (χ4n) is 4.90. The number of anilines is 1. The van der Waals surface area contributed by atoms with Crippen molar-refractivity contribution in [2.45, 2.75) is 45.3 Å². The molecule has 3 aromatic rings. The van der Waals surface area contributed by atoms with Crippen LogP contribution in [0, 0.1) is 23.0 Å². The highest BCUT2D eigenvalue weighted by Gasteiger charge is 2.34. The van der Waals surface area contributed by atoms with Gasteiger partial charge in [0.2, 0.25) is 0 Å². The standard InChI is InChI=1S/C25H27F2N5O/c1-5-21(17-6-8-19(26)20(27)10-17)31-13-16(3)32(14-15(31)2)23-11-24(33)30(4)22-9-7-18(12-28)29-25(22)23/h6-11,15-16,21H,5,13-14H2,1-4H3/t15-,16+,21?/m1/s1. The van der Waals surface area contributed by atoms with E-state index in [9.17, 15) is 18.8 Å². The molecule has 1 fully saturated rings. The van der Waals surface area contributed by atoms with Crippen LogP contribution in [0.2, 0.25) is 0 Å². The average Bonchev–Trinajstić information content (AvgIpc) is 2.80. The molecule has 172 valence electrons. The third-order valence-electron chi connectivity index (χ3n) is 6.64. The molecule has 0 amide bonds. The van der Waals surface area contributed by atoms with Crippen LogP contribution >= 0.6 is 0 Å². The van der Waals surface area contributed by atoms with Crippen molar-refractivity contribution < 1.29 is 8.78 Å². The van der Waals surface area contributed by atoms with E-state index in [0.29, 0.717) is 35.5 Å². The fourth-order valence-corrected chi connectivity index (χ4v) is 4.90. The highest BCUT2D eigenvalue weighted by Crippen LogP contribution is 2.34. The number of aryl methyl sites for hydroxylation is 1. The maximum atomic E-state index is 13.9. The molecule has 0 aliphatic carbocycles. The molecule has 1 saturated heterocycles. The second-order valence-corrected chi connectivity index (χ2v) is 8.75. The van der Waals surface area contributed by atoms with E-state index in [-0.39, 0.29) is 23.7 Å². The number of halogens is 2.